The molecule has 1 aromatic carbocycles. The molecule has 1 amide bonds. The van der Waals surface area contributed by atoms with Gasteiger partial charge in [-0.2, -0.15) is 5.10 Å². The van der Waals surface area contributed by atoms with Crippen LogP contribution in [0.4, 0.5) is 5.69 Å². The fourth-order valence-electron chi connectivity index (χ4n) is 2.95. The van der Waals surface area contributed by atoms with Crippen molar-refractivity contribution in [1.82, 2.24) is 19.3 Å². The lowest BCUT2D eigenvalue weighted by Crippen LogP contribution is -2.29. The van der Waals surface area contributed by atoms with Crippen LogP contribution in [-0.4, -0.2) is 25.2 Å². The summed E-state index contributed by atoms with van der Waals surface area (Å²) in [5.74, 6) is -0.276. The van der Waals surface area contributed by atoms with E-state index in [2.05, 4.69) is 15.4 Å². The highest BCUT2D eigenvalue weighted by Crippen LogP contribution is 2.18. The van der Waals surface area contributed by atoms with E-state index in [0.29, 0.717) is 11.0 Å². The van der Waals surface area contributed by atoms with Crippen LogP contribution in [0.25, 0.3) is 11.0 Å². The summed E-state index contributed by atoms with van der Waals surface area (Å²) in [6.45, 7) is 9.81. The van der Waals surface area contributed by atoms with E-state index in [4.69, 9.17) is 0 Å². The number of nitrogens with one attached hydrogen (secondary N) is 1. The van der Waals surface area contributed by atoms with Crippen molar-refractivity contribution in [3.8, 4) is 0 Å². The van der Waals surface area contributed by atoms with Gasteiger partial charge in [0.15, 0.2) is 5.65 Å². The van der Waals surface area contributed by atoms with Crippen molar-refractivity contribution in [3.63, 3.8) is 0 Å². The fraction of sp³-hybridized carbons (Fsp3) is 0.368. The number of nitrogens with zero attached hydrogens (tertiary/aromatic N) is 4. The first-order valence-corrected chi connectivity index (χ1v) is 8.47. The number of carbonyl (C=O) groups excluding carboxylic acids is 1. The van der Waals surface area contributed by atoms with Gasteiger partial charge in [0, 0.05) is 5.69 Å². The zero-order valence-corrected chi connectivity index (χ0v) is 15.7. The molecule has 0 unspecified atom stereocenters. The Hall–Kier alpha value is -2.96. The van der Waals surface area contributed by atoms with E-state index in [9.17, 15) is 9.59 Å². The first-order chi connectivity index (χ1) is 12.1. The fourth-order valence-corrected chi connectivity index (χ4v) is 2.95. The molecule has 7 nitrogen and oxygen atoms in total. The van der Waals surface area contributed by atoms with Gasteiger partial charge in [0.1, 0.15) is 18.3 Å². The number of amides is 1. The van der Waals surface area contributed by atoms with E-state index in [0.717, 1.165) is 16.8 Å². The number of carbonyl (C=O) groups is 1. The number of fused-ring (bicyclic) bond motifs is 1. The molecule has 1 N–H and O–H groups in total. The molecule has 0 aliphatic rings. The molecule has 7 heteroatoms. The molecule has 3 aromatic rings. The zero-order valence-electron chi connectivity index (χ0n) is 15.7. The Balaban J connectivity index is 1.86. The van der Waals surface area contributed by atoms with Crippen LogP contribution in [0.1, 0.15) is 31.9 Å². The van der Waals surface area contributed by atoms with Gasteiger partial charge in [-0.3, -0.25) is 14.2 Å². The molecule has 0 aliphatic heterocycles. The Labute approximate surface area is 151 Å². The monoisotopic (exact) mass is 353 g/mol. The first kappa shape index (κ1) is 17.8. The van der Waals surface area contributed by atoms with Crippen molar-refractivity contribution in [2.75, 3.05) is 5.32 Å². The quantitative estimate of drug-likeness (QED) is 0.785. The summed E-state index contributed by atoms with van der Waals surface area (Å²) in [6, 6.07) is 5.82. The third-order valence-corrected chi connectivity index (χ3v) is 4.01. The lowest BCUT2D eigenvalue weighted by Gasteiger charge is -2.19. The predicted octanol–water partition coefficient (Wildman–Crippen LogP) is 2.60. The van der Waals surface area contributed by atoms with Gasteiger partial charge in [-0.25, -0.2) is 9.67 Å². The van der Waals surface area contributed by atoms with E-state index in [1.54, 1.807) is 4.68 Å². The molecule has 0 atom stereocenters. The Morgan fingerprint density at radius 3 is 2.42 bits per heavy atom. The smallest absolute Gasteiger partial charge is 0.264 e. The van der Waals surface area contributed by atoms with Gasteiger partial charge in [-0.05, 0) is 57.9 Å². The van der Waals surface area contributed by atoms with E-state index < -0.39 is 0 Å². The predicted molar refractivity (Wildman–Crippen MR) is 101 cm³/mol. The summed E-state index contributed by atoms with van der Waals surface area (Å²) in [4.78, 5) is 29.3. The Morgan fingerprint density at radius 2 is 1.81 bits per heavy atom. The minimum absolute atomic E-state index is 0.102. The number of anilines is 1. The summed E-state index contributed by atoms with van der Waals surface area (Å²) in [5, 5.41) is 7.51. The molecule has 0 aliphatic carbocycles. The second kappa shape index (κ2) is 6.40. The van der Waals surface area contributed by atoms with E-state index >= 15 is 0 Å². The maximum atomic E-state index is 12.7. The molecule has 3 rings (SSSR count). The average Bonchev–Trinajstić information content (AvgIpc) is 2.93. The van der Waals surface area contributed by atoms with Crippen molar-refractivity contribution < 1.29 is 4.79 Å². The molecule has 0 radical (unpaired) electrons. The third kappa shape index (κ3) is 3.51. The molecule has 136 valence electrons. The zero-order chi connectivity index (χ0) is 19.1. The molecule has 0 fully saturated rings. The van der Waals surface area contributed by atoms with Gasteiger partial charge < -0.3 is 5.32 Å². The molecular weight excluding hydrogens is 330 g/mol. The number of hydrogen-bond donors (Lipinski definition) is 1. The van der Waals surface area contributed by atoms with Crippen LogP contribution < -0.4 is 10.9 Å². The van der Waals surface area contributed by atoms with Gasteiger partial charge in [-0.15, -0.1) is 0 Å². The summed E-state index contributed by atoms with van der Waals surface area (Å²) in [6.07, 6.45) is 2.91. The normalized spacial score (nSPS) is 11.7. The van der Waals surface area contributed by atoms with Crippen molar-refractivity contribution >= 4 is 22.6 Å². The molecule has 0 spiro atoms. The van der Waals surface area contributed by atoms with Crippen LogP contribution in [0.15, 0.2) is 35.5 Å². The lowest BCUT2D eigenvalue weighted by atomic mass is 10.1. The standard InChI is InChI=1S/C19H23N5O2/c1-12-6-13(2)8-14(7-12)22-16(25)10-23-11-20-17-15(18(23)26)9-21-24(17)19(3,4)5/h6-9,11H,10H2,1-5H3,(H,22,25). The molecule has 0 saturated carbocycles. The maximum Gasteiger partial charge on any atom is 0.264 e. The largest absolute Gasteiger partial charge is 0.325 e. The van der Waals surface area contributed by atoms with Crippen LogP contribution in [-0.2, 0) is 16.9 Å². The highest BCUT2D eigenvalue weighted by Gasteiger charge is 2.20. The third-order valence-electron chi connectivity index (χ3n) is 4.01. The summed E-state index contributed by atoms with van der Waals surface area (Å²) in [7, 11) is 0. The number of rotatable bonds is 3. The molecule has 2 heterocycles. The van der Waals surface area contributed by atoms with E-state index in [-0.39, 0.29) is 23.6 Å². The van der Waals surface area contributed by atoms with Crippen LogP contribution in [0.5, 0.6) is 0 Å². The summed E-state index contributed by atoms with van der Waals surface area (Å²) >= 11 is 0. The molecule has 2 aromatic heterocycles. The van der Waals surface area contributed by atoms with Crippen LogP contribution >= 0.6 is 0 Å². The van der Waals surface area contributed by atoms with E-state index in [1.807, 2.05) is 52.8 Å². The minimum Gasteiger partial charge on any atom is -0.325 e. The lowest BCUT2D eigenvalue weighted by molar-refractivity contribution is -0.116. The number of benzene rings is 1. The summed E-state index contributed by atoms with van der Waals surface area (Å²) < 4.78 is 3.01. The van der Waals surface area contributed by atoms with Crippen LogP contribution in [0, 0.1) is 13.8 Å². The van der Waals surface area contributed by atoms with Gasteiger partial charge in [0.05, 0.1) is 11.7 Å². The molecular formula is C19H23N5O2. The number of hydrogen-bond acceptors (Lipinski definition) is 4. The van der Waals surface area contributed by atoms with Crippen LogP contribution in [0.2, 0.25) is 0 Å². The second-order valence-electron chi connectivity index (χ2n) is 7.57. The summed E-state index contributed by atoms with van der Waals surface area (Å²) in [5.41, 5.74) is 2.81. The van der Waals surface area contributed by atoms with Crippen molar-refractivity contribution in [2.24, 2.45) is 0 Å². The van der Waals surface area contributed by atoms with Crippen molar-refractivity contribution in [1.29, 1.82) is 0 Å². The van der Waals surface area contributed by atoms with Crippen LogP contribution in [0.3, 0.4) is 0 Å². The van der Waals surface area contributed by atoms with Crippen molar-refractivity contribution in [3.05, 3.63) is 52.2 Å². The minimum atomic E-state index is -0.284. The Morgan fingerprint density at radius 1 is 1.15 bits per heavy atom. The molecule has 0 saturated heterocycles. The first-order valence-electron chi connectivity index (χ1n) is 8.47. The molecule has 0 bridgehead atoms. The molecule has 26 heavy (non-hydrogen) atoms. The topological polar surface area (TPSA) is 81.8 Å². The van der Waals surface area contributed by atoms with Crippen molar-refractivity contribution in [2.45, 2.75) is 46.7 Å². The van der Waals surface area contributed by atoms with Gasteiger partial charge >= 0.3 is 0 Å². The van der Waals surface area contributed by atoms with Gasteiger partial charge in [-0.1, -0.05) is 6.07 Å². The second-order valence-corrected chi connectivity index (χ2v) is 7.57. The Kier molecular flexibility index (Phi) is 4.39. The SMILES string of the molecule is Cc1cc(C)cc(NC(=O)Cn2cnc3c(cnn3C(C)(C)C)c2=O)c1. The maximum absolute atomic E-state index is 12.7. The number of aromatic nitrogens is 4. The highest BCUT2D eigenvalue weighted by molar-refractivity contribution is 5.90. The Bertz CT molecular complexity index is 1020. The van der Waals surface area contributed by atoms with Gasteiger partial charge in [0.2, 0.25) is 5.91 Å². The van der Waals surface area contributed by atoms with E-state index in [1.165, 1.54) is 17.1 Å². The number of aryl methyl sites for hydroxylation is 2. The average molecular weight is 353 g/mol. The van der Waals surface area contributed by atoms with Gasteiger partial charge in [0.25, 0.3) is 5.56 Å². The highest BCUT2D eigenvalue weighted by atomic mass is 16.2.